The van der Waals surface area contributed by atoms with Gasteiger partial charge >= 0.3 is 0 Å². The Morgan fingerprint density at radius 2 is 1.75 bits per heavy atom. The van der Waals surface area contributed by atoms with Gasteiger partial charge in [-0.3, -0.25) is 4.79 Å². The topological polar surface area (TPSA) is 66.6 Å². The highest BCUT2D eigenvalue weighted by molar-refractivity contribution is 5.79. The van der Waals surface area contributed by atoms with Crippen molar-refractivity contribution in [3.8, 4) is 11.3 Å². The highest BCUT2D eigenvalue weighted by atomic mass is 16.2. The van der Waals surface area contributed by atoms with E-state index in [4.69, 9.17) is 10.1 Å². The molecule has 0 bridgehead atoms. The van der Waals surface area contributed by atoms with Gasteiger partial charge in [-0.2, -0.15) is 9.50 Å². The summed E-state index contributed by atoms with van der Waals surface area (Å²) in [6.45, 7) is 7.25. The number of carbonyl (C=O) groups is 1. The van der Waals surface area contributed by atoms with Gasteiger partial charge in [-0.05, 0) is 43.2 Å². The number of amides is 1. The molecule has 0 N–H and O–H groups in total. The third-order valence-electron chi connectivity index (χ3n) is 8.13. The molecule has 1 aromatic carbocycles. The molecule has 5 rings (SSSR count). The standard InChI is InChI=1S/C29H40N6O/c1-3-5-9-22(4-2)27(36)33-18-20-34(21-19-33)29-31-28-30-17-16-26(35(28)32-29)25-14-12-24(13-15-25)23-10-7-6-8-11-23/h12-17,22-23H,3-11,18-21H2,1-2H3/t22-/m1/s1. The highest BCUT2D eigenvalue weighted by Gasteiger charge is 2.28. The minimum Gasteiger partial charge on any atom is -0.339 e. The van der Waals surface area contributed by atoms with Gasteiger partial charge in [0.2, 0.25) is 11.9 Å². The lowest BCUT2D eigenvalue weighted by Crippen LogP contribution is -2.50. The van der Waals surface area contributed by atoms with E-state index in [0.717, 1.165) is 63.1 Å². The lowest BCUT2D eigenvalue weighted by atomic mass is 9.84. The molecule has 2 fully saturated rings. The molecule has 2 aromatic heterocycles. The van der Waals surface area contributed by atoms with Crippen molar-refractivity contribution in [1.82, 2.24) is 24.5 Å². The van der Waals surface area contributed by atoms with Crippen molar-refractivity contribution >= 4 is 17.6 Å². The molecule has 1 atom stereocenters. The molecular formula is C29H40N6O. The Labute approximate surface area is 214 Å². The molecule has 1 saturated carbocycles. The van der Waals surface area contributed by atoms with Crippen LogP contribution in [-0.4, -0.2) is 56.6 Å². The Kier molecular flexibility index (Phi) is 7.83. The maximum absolute atomic E-state index is 13.0. The van der Waals surface area contributed by atoms with Gasteiger partial charge in [0.05, 0.1) is 5.69 Å². The number of unbranched alkanes of at least 4 members (excludes halogenated alkanes) is 1. The van der Waals surface area contributed by atoms with Crippen molar-refractivity contribution in [2.45, 2.75) is 77.6 Å². The van der Waals surface area contributed by atoms with E-state index >= 15 is 0 Å². The second-order valence-corrected chi connectivity index (χ2v) is 10.5. The van der Waals surface area contributed by atoms with E-state index in [0.29, 0.717) is 23.6 Å². The molecule has 3 heterocycles. The fourth-order valence-corrected chi connectivity index (χ4v) is 5.84. The number of hydrogen-bond acceptors (Lipinski definition) is 5. The van der Waals surface area contributed by atoms with Gasteiger partial charge in [0, 0.05) is 43.9 Å². The summed E-state index contributed by atoms with van der Waals surface area (Å²) >= 11 is 0. The number of benzene rings is 1. The van der Waals surface area contributed by atoms with Crippen LogP contribution >= 0.6 is 0 Å². The molecule has 7 heteroatoms. The van der Waals surface area contributed by atoms with Crippen LogP contribution in [0.15, 0.2) is 36.5 Å². The molecular weight excluding hydrogens is 448 g/mol. The fourth-order valence-electron chi connectivity index (χ4n) is 5.84. The SMILES string of the molecule is CCCC[C@@H](CC)C(=O)N1CCN(c2nc3nccc(-c4ccc(C5CCCCC5)cc4)n3n2)CC1. The summed E-state index contributed by atoms with van der Waals surface area (Å²) < 4.78 is 1.86. The molecule has 1 aliphatic carbocycles. The van der Waals surface area contributed by atoms with Crippen LogP contribution in [0.5, 0.6) is 0 Å². The van der Waals surface area contributed by atoms with E-state index in [2.05, 4.69) is 48.0 Å². The smallest absolute Gasteiger partial charge is 0.254 e. The zero-order chi connectivity index (χ0) is 24.9. The van der Waals surface area contributed by atoms with Gasteiger partial charge in [0.15, 0.2) is 0 Å². The second-order valence-electron chi connectivity index (χ2n) is 10.5. The molecule has 36 heavy (non-hydrogen) atoms. The van der Waals surface area contributed by atoms with Crippen molar-refractivity contribution < 1.29 is 4.79 Å². The van der Waals surface area contributed by atoms with Crippen molar-refractivity contribution in [2.24, 2.45) is 5.92 Å². The largest absolute Gasteiger partial charge is 0.339 e. The van der Waals surface area contributed by atoms with Gasteiger partial charge in [-0.1, -0.05) is 70.2 Å². The first kappa shape index (κ1) is 24.7. The first-order valence-electron chi connectivity index (χ1n) is 14.0. The Bertz CT molecular complexity index is 1140. The minimum absolute atomic E-state index is 0.154. The third kappa shape index (κ3) is 5.25. The number of piperazine rings is 1. The summed E-state index contributed by atoms with van der Waals surface area (Å²) in [5.74, 6) is 2.48. The van der Waals surface area contributed by atoms with Crippen LogP contribution in [0.3, 0.4) is 0 Å². The van der Waals surface area contributed by atoms with E-state index in [9.17, 15) is 4.79 Å². The number of anilines is 1. The first-order valence-corrected chi connectivity index (χ1v) is 14.0. The van der Waals surface area contributed by atoms with Gasteiger partial charge in [0.25, 0.3) is 5.78 Å². The van der Waals surface area contributed by atoms with Crippen LogP contribution in [0.25, 0.3) is 17.0 Å². The van der Waals surface area contributed by atoms with E-state index < -0.39 is 0 Å². The van der Waals surface area contributed by atoms with Crippen molar-refractivity contribution in [3.63, 3.8) is 0 Å². The summed E-state index contributed by atoms with van der Waals surface area (Å²) in [6.07, 6.45) is 12.7. The van der Waals surface area contributed by atoms with Gasteiger partial charge in [-0.25, -0.2) is 4.98 Å². The van der Waals surface area contributed by atoms with E-state index in [1.54, 1.807) is 0 Å². The molecule has 0 spiro atoms. The number of carbonyl (C=O) groups excluding carboxylic acids is 1. The van der Waals surface area contributed by atoms with Gasteiger partial charge in [-0.15, -0.1) is 5.10 Å². The van der Waals surface area contributed by atoms with Gasteiger partial charge in [0.1, 0.15) is 0 Å². The number of nitrogens with zero attached hydrogens (tertiary/aromatic N) is 6. The first-order chi connectivity index (χ1) is 17.7. The molecule has 1 saturated heterocycles. The zero-order valence-corrected chi connectivity index (χ0v) is 21.9. The predicted molar refractivity (Wildman–Crippen MR) is 144 cm³/mol. The molecule has 0 unspecified atom stereocenters. The Morgan fingerprint density at radius 1 is 1.00 bits per heavy atom. The Balaban J connectivity index is 1.28. The quantitative estimate of drug-likeness (QED) is 0.407. The second kappa shape index (κ2) is 11.4. The van der Waals surface area contributed by atoms with Crippen molar-refractivity contribution in [2.75, 3.05) is 31.1 Å². The van der Waals surface area contributed by atoms with E-state index in [1.807, 2.05) is 21.7 Å². The fraction of sp³-hybridized carbons (Fsp3) is 0.586. The van der Waals surface area contributed by atoms with Crippen molar-refractivity contribution in [1.29, 1.82) is 0 Å². The average Bonchev–Trinajstić information content (AvgIpc) is 3.39. The molecule has 2 aliphatic rings. The summed E-state index contributed by atoms with van der Waals surface area (Å²) in [4.78, 5) is 26.4. The molecule has 0 radical (unpaired) electrons. The van der Waals surface area contributed by atoms with Crippen molar-refractivity contribution in [3.05, 3.63) is 42.1 Å². The summed E-state index contributed by atoms with van der Waals surface area (Å²) in [7, 11) is 0. The summed E-state index contributed by atoms with van der Waals surface area (Å²) in [5, 5.41) is 4.85. The molecule has 1 amide bonds. The van der Waals surface area contributed by atoms with Crippen LogP contribution in [0.4, 0.5) is 5.95 Å². The highest BCUT2D eigenvalue weighted by Crippen LogP contribution is 2.33. The third-order valence-corrected chi connectivity index (χ3v) is 8.13. The summed E-state index contributed by atoms with van der Waals surface area (Å²) in [6, 6.07) is 11.0. The van der Waals surface area contributed by atoms with Crippen LogP contribution in [0.2, 0.25) is 0 Å². The van der Waals surface area contributed by atoms with E-state index in [1.165, 1.54) is 37.7 Å². The lowest BCUT2D eigenvalue weighted by molar-refractivity contribution is -0.136. The molecule has 3 aromatic rings. The van der Waals surface area contributed by atoms with E-state index in [-0.39, 0.29) is 5.92 Å². The van der Waals surface area contributed by atoms with Crippen LogP contribution in [0, 0.1) is 5.92 Å². The molecule has 192 valence electrons. The predicted octanol–water partition coefficient (Wildman–Crippen LogP) is 5.70. The maximum atomic E-state index is 13.0. The lowest BCUT2D eigenvalue weighted by Gasteiger charge is -2.35. The Hall–Kier alpha value is -2.96. The normalized spacial score (nSPS) is 18.1. The minimum atomic E-state index is 0.154. The zero-order valence-electron chi connectivity index (χ0n) is 21.9. The van der Waals surface area contributed by atoms with Crippen LogP contribution in [-0.2, 0) is 4.79 Å². The molecule has 1 aliphatic heterocycles. The number of aromatic nitrogens is 4. The number of fused-ring (bicyclic) bond motifs is 1. The monoisotopic (exact) mass is 488 g/mol. The molecule has 7 nitrogen and oxygen atoms in total. The Morgan fingerprint density at radius 3 is 2.44 bits per heavy atom. The summed E-state index contributed by atoms with van der Waals surface area (Å²) in [5.41, 5.74) is 3.59. The van der Waals surface area contributed by atoms with Crippen LogP contribution < -0.4 is 4.90 Å². The number of rotatable bonds is 8. The number of hydrogen-bond donors (Lipinski definition) is 0. The van der Waals surface area contributed by atoms with Gasteiger partial charge < -0.3 is 9.80 Å². The van der Waals surface area contributed by atoms with Crippen LogP contribution in [0.1, 0.15) is 83.1 Å². The maximum Gasteiger partial charge on any atom is 0.254 e. The average molecular weight is 489 g/mol.